The average Bonchev–Trinajstić information content (AvgIpc) is 2.45. The summed E-state index contributed by atoms with van der Waals surface area (Å²) in [5.74, 6) is 0. The van der Waals surface area contributed by atoms with Gasteiger partial charge >= 0.3 is 0 Å². The summed E-state index contributed by atoms with van der Waals surface area (Å²) in [5.41, 5.74) is 1.74. The number of benzene rings is 2. The molecule has 0 aliphatic heterocycles. The highest BCUT2D eigenvalue weighted by Gasteiger charge is 2.11. The van der Waals surface area contributed by atoms with Crippen molar-refractivity contribution in [3.63, 3.8) is 0 Å². The molecule has 5 heteroatoms. The van der Waals surface area contributed by atoms with Crippen LogP contribution in [0.1, 0.15) is 0 Å². The molecule has 0 aliphatic carbocycles. The van der Waals surface area contributed by atoms with Gasteiger partial charge in [-0.3, -0.25) is 4.57 Å². The Balaban J connectivity index is 2.38. The van der Waals surface area contributed by atoms with Crippen LogP contribution in [0.2, 0.25) is 5.02 Å². The monoisotopic (exact) mass is 294 g/mol. The highest BCUT2D eigenvalue weighted by Crippen LogP contribution is 2.29. The van der Waals surface area contributed by atoms with Gasteiger partial charge < -0.3 is 9.32 Å². The second-order valence-electron chi connectivity index (χ2n) is 3.82. The Labute approximate surface area is 117 Å². The summed E-state index contributed by atoms with van der Waals surface area (Å²) in [7, 11) is -2.43. The number of halogens is 1. The Bertz CT molecular complexity index is 596. The summed E-state index contributed by atoms with van der Waals surface area (Å²) in [6, 6.07) is 14.5. The van der Waals surface area contributed by atoms with Crippen LogP contribution in [0.3, 0.4) is 0 Å². The number of carbonyl (C=O) groups excluding carboxylic acids is 1. The van der Waals surface area contributed by atoms with Gasteiger partial charge in [0.2, 0.25) is 8.03 Å². The lowest BCUT2D eigenvalue weighted by atomic mass is 10.1. The molecule has 0 amide bonds. The molecule has 0 saturated carbocycles. The van der Waals surface area contributed by atoms with Crippen molar-refractivity contribution in [1.82, 2.24) is 0 Å². The molecule has 0 aliphatic rings. The predicted molar refractivity (Wildman–Crippen MR) is 77.5 cm³/mol. The molecule has 1 atom stereocenters. The Kier molecular flexibility index (Phi) is 4.92. The SMILES string of the molecule is O=CCO[PH](=O)c1ccccc1-c1ccc(Cl)cc1. The largest absolute Gasteiger partial charge is 0.320 e. The first-order valence-corrected chi connectivity index (χ1v) is 7.37. The lowest BCUT2D eigenvalue weighted by Gasteiger charge is -2.09. The average molecular weight is 295 g/mol. The van der Waals surface area contributed by atoms with Gasteiger partial charge in [-0.1, -0.05) is 41.9 Å². The Morgan fingerprint density at radius 1 is 1.11 bits per heavy atom. The molecule has 0 saturated heterocycles. The number of aldehydes is 1. The first-order valence-electron chi connectivity index (χ1n) is 5.68. The van der Waals surface area contributed by atoms with Crippen LogP contribution in [0.5, 0.6) is 0 Å². The Morgan fingerprint density at radius 2 is 1.79 bits per heavy atom. The van der Waals surface area contributed by atoms with E-state index < -0.39 is 8.03 Å². The van der Waals surface area contributed by atoms with Crippen LogP contribution in [-0.4, -0.2) is 12.9 Å². The fourth-order valence-corrected chi connectivity index (χ4v) is 2.91. The van der Waals surface area contributed by atoms with Gasteiger partial charge in [0, 0.05) is 10.3 Å². The maximum atomic E-state index is 12.0. The van der Waals surface area contributed by atoms with Crippen molar-refractivity contribution in [2.45, 2.75) is 0 Å². The highest BCUT2D eigenvalue weighted by atomic mass is 35.5. The molecule has 0 radical (unpaired) electrons. The maximum Gasteiger partial charge on any atom is 0.221 e. The molecule has 0 N–H and O–H groups in total. The van der Waals surface area contributed by atoms with Gasteiger partial charge in [-0.2, -0.15) is 0 Å². The molecule has 19 heavy (non-hydrogen) atoms. The van der Waals surface area contributed by atoms with Crippen molar-refractivity contribution in [2.24, 2.45) is 0 Å². The van der Waals surface area contributed by atoms with Gasteiger partial charge in [-0.15, -0.1) is 0 Å². The standard InChI is InChI=1S/C14H12ClO3P/c15-12-7-5-11(6-8-12)13-3-1-2-4-14(13)19(17)18-10-9-16/h1-9,19H,10H2. The summed E-state index contributed by atoms with van der Waals surface area (Å²) in [5, 5.41) is 1.25. The molecular formula is C14H12ClO3P. The van der Waals surface area contributed by atoms with E-state index in [2.05, 4.69) is 0 Å². The first kappa shape index (κ1) is 14.0. The molecule has 1 unspecified atom stereocenters. The molecule has 0 bridgehead atoms. The van der Waals surface area contributed by atoms with E-state index in [1.807, 2.05) is 24.3 Å². The van der Waals surface area contributed by atoms with Crippen molar-refractivity contribution in [3.05, 3.63) is 53.6 Å². The molecule has 2 rings (SSSR count). The third-order valence-corrected chi connectivity index (χ3v) is 4.14. The molecular weight excluding hydrogens is 283 g/mol. The van der Waals surface area contributed by atoms with E-state index in [1.54, 1.807) is 24.3 Å². The molecule has 0 heterocycles. The quantitative estimate of drug-likeness (QED) is 0.627. The van der Waals surface area contributed by atoms with Crippen LogP contribution in [0, 0.1) is 0 Å². The second kappa shape index (κ2) is 6.67. The zero-order valence-corrected chi connectivity index (χ0v) is 11.8. The van der Waals surface area contributed by atoms with E-state index in [4.69, 9.17) is 16.1 Å². The molecule has 0 fully saturated rings. The van der Waals surface area contributed by atoms with Gasteiger partial charge in [0.05, 0.1) is 0 Å². The van der Waals surface area contributed by atoms with Crippen molar-refractivity contribution in [3.8, 4) is 11.1 Å². The van der Waals surface area contributed by atoms with E-state index in [0.717, 1.165) is 11.1 Å². The molecule has 2 aromatic carbocycles. The molecule has 0 aromatic heterocycles. The van der Waals surface area contributed by atoms with Gasteiger partial charge in [0.15, 0.2) is 0 Å². The smallest absolute Gasteiger partial charge is 0.221 e. The molecule has 98 valence electrons. The second-order valence-corrected chi connectivity index (χ2v) is 5.66. The van der Waals surface area contributed by atoms with Crippen LogP contribution in [0.25, 0.3) is 11.1 Å². The van der Waals surface area contributed by atoms with Gasteiger partial charge in [0.1, 0.15) is 12.9 Å². The minimum Gasteiger partial charge on any atom is -0.320 e. The Hall–Kier alpha value is -1.41. The molecule has 3 nitrogen and oxygen atoms in total. The third kappa shape index (κ3) is 3.54. The van der Waals surface area contributed by atoms with Crippen molar-refractivity contribution >= 4 is 31.2 Å². The minimum atomic E-state index is -2.43. The van der Waals surface area contributed by atoms with Crippen LogP contribution in [-0.2, 0) is 13.9 Å². The summed E-state index contributed by atoms with van der Waals surface area (Å²) in [6.45, 7) is -0.160. The number of hydrogen-bond donors (Lipinski definition) is 0. The fourth-order valence-electron chi connectivity index (χ4n) is 1.73. The third-order valence-electron chi connectivity index (χ3n) is 2.58. The fraction of sp³-hybridized carbons (Fsp3) is 0.0714. The summed E-state index contributed by atoms with van der Waals surface area (Å²) >= 11 is 5.85. The van der Waals surface area contributed by atoms with Crippen LogP contribution < -0.4 is 5.30 Å². The van der Waals surface area contributed by atoms with Crippen LogP contribution in [0.4, 0.5) is 0 Å². The summed E-state index contributed by atoms with van der Waals surface area (Å²) < 4.78 is 17.1. The lowest BCUT2D eigenvalue weighted by molar-refractivity contribution is -0.109. The van der Waals surface area contributed by atoms with Gasteiger partial charge in [0.25, 0.3) is 0 Å². The number of rotatable bonds is 5. The normalized spacial score (nSPS) is 12.1. The van der Waals surface area contributed by atoms with Crippen LogP contribution in [0.15, 0.2) is 48.5 Å². The summed E-state index contributed by atoms with van der Waals surface area (Å²) in [6.07, 6.45) is 0.591. The highest BCUT2D eigenvalue weighted by molar-refractivity contribution is 7.48. The van der Waals surface area contributed by atoms with E-state index >= 15 is 0 Å². The minimum absolute atomic E-state index is 0.160. The van der Waals surface area contributed by atoms with E-state index in [0.29, 0.717) is 16.6 Å². The van der Waals surface area contributed by atoms with Gasteiger partial charge in [-0.25, -0.2) is 0 Å². The first-order chi connectivity index (χ1) is 9.22. The van der Waals surface area contributed by atoms with Crippen molar-refractivity contribution in [2.75, 3.05) is 6.61 Å². The number of hydrogen-bond acceptors (Lipinski definition) is 3. The van der Waals surface area contributed by atoms with E-state index in [9.17, 15) is 9.36 Å². The zero-order chi connectivity index (χ0) is 13.7. The zero-order valence-electron chi connectivity index (χ0n) is 10.0. The van der Waals surface area contributed by atoms with Crippen LogP contribution >= 0.6 is 19.6 Å². The van der Waals surface area contributed by atoms with Crippen molar-refractivity contribution in [1.29, 1.82) is 0 Å². The van der Waals surface area contributed by atoms with E-state index in [1.165, 1.54) is 0 Å². The molecule has 0 spiro atoms. The lowest BCUT2D eigenvalue weighted by Crippen LogP contribution is -2.03. The van der Waals surface area contributed by atoms with Gasteiger partial charge in [-0.05, 0) is 29.3 Å². The topological polar surface area (TPSA) is 43.4 Å². The summed E-state index contributed by atoms with van der Waals surface area (Å²) in [4.78, 5) is 10.3. The number of carbonyl (C=O) groups is 1. The predicted octanol–water partition coefficient (Wildman–Crippen LogP) is 3.32. The molecule has 2 aromatic rings. The van der Waals surface area contributed by atoms with Crippen molar-refractivity contribution < 1.29 is 13.9 Å². The maximum absolute atomic E-state index is 12.0. The van der Waals surface area contributed by atoms with E-state index in [-0.39, 0.29) is 6.61 Å². The Morgan fingerprint density at radius 3 is 2.47 bits per heavy atom.